The molecule has 0 heterocycles. The predicted molar refractivity (Wildman–Crippen MR) is 261 cm³/mol. The predicted octanol–water partition coefficient (Wildman–Crippen LogP) is 17.7. The molecule has 0 unspecified atom stereocenters. The fourth-order valence-corrected chi connectivity index (χ4v) is 8.34. The van der Waals surface area contributed by atoms with Gasteiger partial charge in [-0.05, 0) is 31.1 Å². The summed E-state index contributed by atoms with van der Waals surface area (Å²) in [4.78, 5) is 38.0. The molecule has 0 radical (unpaired) electrons. The van der Waals surface area contributed by atoms with Gasteiger partial charge >= 0.3 is 17.9 Å². The number of unbranched alkanes of at least 4 members (excludes halogenated alkanes) is 34. The number of carbonyl (C=O) groups is 3. The number of esters is 3. The van der Waals surface area contributed by atoms with Gasteiger partial charge in [-0.25, -0.2) is 0 Å². The van der Waals surface area contributed by atoms with E-state index in [2.05, 4.69) is 34.6 Å². The van der Waals surface area contributed by atoms with Crippen LogP contribution in [-0.2, 0) is 28.6 Å². The fourth-order valence-electron chi connectivity index (χ4n) is 8.34. The number of rotatable bonds is 49. The van der Waals surface area contributed by atoms with Crippen LogP contribution in [0.25, 0.3) is 0 Å². The molecule has 0 bridgehead atoms. The quantitative estimate of drug-likeness (QED) is 0.0344. The van der Waals surface area contributed by atoms with Crippen LogP contribution in [-0.4, -0.2) is 37.2 Å². The minimum absolute atomic E-state index is 0.0633. The van der Waals surface area contributed by atoms with Crippen molar-refractivity contribution in [3.63, 3.8) is 0 Å². The highest BCUT2D eigenvalue weighted by Gasteiger charge is 2.19. The molecule has 6 heteroatoms. The van der Waals surface area contributed by atoms with Gasteiger partial charge in [0.2, 0.25) is 0 Å². The van der Waals surface area contributed by atoms with Crippen LogP contribution in [0.3, 0.4) is 0 Å². The molecule has 6 nitrogen and oxygen atoms in total. The van der Waals surface area contributed by atoms with E-state index in [0.29, 0.717) is 19.3 Å². The third kappa shape index (κ3) is 49.3. The van der Waals surface area contributed by atoms with Crippen LogP contribution >= 0.6 is 0 Å². The average molecular weight is 863 g/mol. The molecule has 1 atom stereocenters. The Morgan fingerprint density at radius 3 is 0.803 bits per heavy atom. The lowest BCUT2D eigenvalue weighted by Crippen LogP contribution is -2.30. The number of hydrogen-bond donors (Lipinski definition) is 0. The van der Waals surface area contributed by atoms with E-state index in [1.165, 1.54) is 193 Å². The molecule has 61 heavy (non-hydrogen) atoms. The molecule has 0 N–H and O–H groups in total. The van der Waals surface area contributed by atoms with Gasteiger partial charge in [0.25, 0.3) is 0 Å². The molecule has 0 aromatic heterocycles. The van der Waals surface area contributed by atoms with Gasteiger partial charge < -0.3 is 14.2 Å². The fraction of sp³-hybridized carbons (Fsp3) is 0.945. The van der Waals surface area contributed by atoms with Crippen LogP contribution in [0.4, 0.5) is 0 Å². The lowest BCUT2D eigenvalue weighted by atomic mass is 10.0. The third-order valence-corrected chi connectivity index (χ3v) is 12.5. The molecule has 0 rings (SSSR count). The van der Waals surface area contributed by atoms with E-state index in [4.69, 9.17) is 14.2 Å². The van der Waals surface area contributed by atoms with E-state index < -0.39 is 6.10 Å². The molecule has 0 aliphatic carbocycles. The van der Waals surface area contributed by atoms with Gasteiger partial charge in [-0.1, -0.05) is 266 Å². The minimum Gasteiger partial charge on any atom is -0.462 e. The van der Waals surface area contributed by atoms with Crippen LogP contribution in [0, 0.1) is 11.8 Å². The molecule has 0 aliphatic heterocycles. The molecular formula is C55H106O6. The van der Waals surface area contributed by atoms with E-state index in [9.17, 15) is 14.4 Å². The Balaban J connectivity index is 4.30. The summed E-state index contributed by atoms with van der Waals surface area (Å²) < 4.78 is 16.8. The molecule has 0 aromatic carbocycles. The molecule has 362 valence electrons. The summed E-state index contributed by atoms with van der Waals surface area (Å²) in [6, 6.07) is 0. The second kappa shape index (κ2) is 47.9. The zero-order valence-corrected chi connectivity index (χ0v) is 41.8. The van der Waals surface area contributed by atoms with Crippen molar-refractivity contribution in [2.75, 3.05) is 13.2 Å². The smallest absolute Gasteiger partial charge is 0.306 e. The Bertz CT molecular complexity index is 931. The molecule has 0 saturated heterocycles. The van der Waals surface area contributed by atoms with Crippen molar-refractivity contribution < 1.29 is 28.6 Å². The van der Waals surface area contributed by atoms with Crippen LogP contribution in [0.2, 0.25) is 0 Å². The molecule has 0 saturated carbocycles. The third-order valence-electron chi connectivity index (χ3n) is 12.5. The van der Waals surface area contributed by atoms with E-state index in [1.807, 2.05) is 0 Å². The van der Waals surface area contributed by atoms with Gasteiger partial charge in [0.05, 0.1) is 0 Å². The second-order valence-corrected chi connectivity index (χ2v) is 19.8. The van der Waals surface area contributed by atoms with Crippen molar-refractivity contribution in [2.45, 2.75) is 310 Å². The van der Waals surface area contributed by atoms with Crippen molar-refractivity contribution >= 4 is 17.9 Å². The van der Waals surface area contributed by atoms with E-state index in [-0.39, 0.29) is 31.1 Å². The number of hydrogen-bond acceptors (Lipinski definition) is 6. The average Bonchev–Trinajstić information content (AvgIpc) is 3.23. The van der Waals surface area contributed by atoms with Crippen molar-refractivity contribution in [1.82, 2.24) is 0 Å². The summed E-state index contributed by atoms with van der Waals surface area (Å²) in [5.74, 6) is 0.802. The first-order valence-corrected chi connectivity index (χ1v) is 27.2. The van der Waals surface area contributed by atoms with Crippen LogP contribution in [0.1, 0.15) is 304 Å². The minimum atomic E-state index is -0.762. The molecule has 0 aromatic rings. The standard InChI is InChI=1S/C55H106O6/c1-6-7-8-9-10-11-12-13-14-17-20-25-30-35-40-45-53(56)59-48-52(49-60-54(57)46-41-36-31-27-22-24-29-34-39-44-51(4)5)61-55(58)47-42-37-32-26-21-18-15-16-19-23-28-33-38-43-50(2)3/h50-52H,6-49H2,1-5H3/t52-/m1/s1. The van der Waals surface area contributed by atoms with Crippen LogP contribution in [0.15, 0.2) is 0 Å². The zero-order valence-electron chi connectivity index (χ0n) is 41.8. The van der Waals surface area contributed by atoms with Crippen LogP contribution < -0.4 is 0 Å². The van der Waals surface area contributed by atoms with Gasteiger partial charge in [0.15, 0.2) is 6.10 Å². The van der Waals surface area contributed by atoms with Crippen molar-refractivity contribution in [3.8, 4) is 0 Å². The van der Waals surface area contributed by atoms with E-state index in [0.717, 1.165) is 69.6 Å². The van der Waals surface area contributed by atoms with Gasteiger partial charge in [-0.2, -0.15) is 0 Å². The Morgan fingerprint density at radius 2 is 0.541 bits per heavy atom. The molecular weight excluding hydrogens is 757 g/mol. The van der Waals surface area contributed by atoms with Gasteiger partial charge in [-0.15, -0.1) is 0 Å². The first kappa shape index (κ1) is 59.4. The monoisotopic (exact) mass is 863 g/mol. The maximum Gasteiger partial charge on any atom is 0.306 e. The largest absolute Gasteiger partial charge is 0.462 e. The Kier molecular flexibility index (Phi) is 46.6. The zero-order chi connectivity index (χ0) is 44.7. The highest BCUT2D eigenvalue weighted by molar-refractivity contribution is 5.71. The first-order valence-electron chi connectivity index (χ1n) is 27.2. The summed E-state index contributed by atoms with van der Waals surface area (Å²) in [7, 11) is 0. The first-order chi connectivity index (χ1) is 29.7. The summed E-state index contributed by atoms with van der Waals surface area (Å²) >= 11 is 0. The Hall–Kier alpha value is -1.59. The molecule has 0 fully saturated rings. The van der Waals surface area contributed by atoms with Gasteiger partial charge in [0, 0.05) is 19.3 Å². The van der Waals surface area contributed by atoms with E-state index >= 15 is 0 Å². The van der Waals surface area contributed by atoms with Crippen LogP contribution in [0.5, 0.6) is 0 Å². The van der Waals surface area contributed by atoms with Crippen molar-refractivity contribution in [3.05, 3.63) is 0 Å². The summed E-state index contributed by atoms with van der Waals surface area (Å²) in [6.07, 6.45) is 49.5. The lowest BCUT2D eigenvalue weighted by Gasteiger charge is -2.18. The van der Waals surface area contributed by atoms with E-state index in [1.54, 1.807) is 0 Å². The normalized spacial score (nSPS) is 12.0. The summed E-state index contributed by atoms with van der Waals surface area (Å²) in [6.45, 7) is 11.4. The second-order valence-electron chi connectivity index (χ2n) is 19.8. The Morgan fingerprint density at radius 1 is 0.311 bits per heavy atom. The maximum atomic E-state index is 12.8. The van der Waals surface area contributed by atoms with Gasteiger partial charge in [-0.3, -0.25) is 14.4 Å². The summed E-state index contributed by atoms with van der Waals surface area (Å²) in [5.41, 5.74) is 0. The SMILES string of the molecule is CCCCCCCCCCCCCCCCCC(=O)OC[C@H](COC(=O)CCCCCCCCCCCC(C)C)OC(=O)CCCCCCCCCCCCCCCC(C)C. The van der Waals surface area contributed by atoms with Crippen molar-refractivity contribution in [1.29, 1.82) is 0 Å². The molecule has 0 amide bonds. The Labute approximate surface area is 380 Å². The topological polar surface area (TPSA) is 78.9 Å². The number of ether oxygens (including phenoxy) is 3. The van der Waals surface area contributed by atoms with Gasteiger partial charge in [0.1, 0.15) is 13.2 Å². The molecule has 0 aliphatic rings. The lowest BCUT2D eigenvalue weighted by molar-refractivity contribution is -0.167. The highest BCUT2D eigenvalue weighted by Crippen LogP contribution is 2.18. The highest BCUT2D eigenvalue weighted by atomic mass is 16.6. The number of carbonyl (C=O) groups excluding carboxylic acids is 3. The van der Waals surface area contributed by atoms with Crippen molar-refractivity contribution in [2.24, 2.45) is 11.8 Å². The maximum absolute atomic E-state index is 12.8. The summed E-state index contributed by atoms with van der Waals surface area (Å²) in [5, 5.41) is 0. The molecule has 0 spiro atoms.